The van der Waals surface area contributed by atoms with Crippen LogP contribution in [0.15, 0.2) is 34.8 Å². The lowest BCUT2D eigenvalue weighted by Crippen LogP contribution is -2.61. The molecule has 0 aromatic rings. The Balaban J connectivity index is 0.000000565. The number of methoxy groups -OCH3 is 1. The van der Waals surface area contributed by atoms with Crippen molar-refractivity contribution in [2.75, 3.05) is 27.8 Å². The number of carbonyl (C=O) groups excluding carboxylic acids is 1. The minimum Gasteiger partial charge on any atom is -0.483 e. The van der Waals surface area contributed by atoms with E-state index < -0.39 is 6.10 Å². The molecule has 27 heavy (non-hydrogen) atoms. The van der Waals surface area contributed by atoms with Crippen LogP contribution >= 0.6 is 0 Å². The van der Waals surface area contributed by atoms with Gasteiger partial charge in [-0.3, -0.25) is 4.79 Å². The van der Waals surface area contributed by atoms with Crippen molar-refractivity contribution in [1.82, 2.24) is 4.90 Å². The van der Waals surface area contributed by atoms with Crippen LogP contribution < -0.4 is 0 Å². The molecule has 5 atom stereocenters. The molecule has 2 saturated heterocycles. The zero-order valence-corrected chi connectivity index (χ0v) is 16.5. The third kappa shape index (κ3) is 2.61. The Morgan fingerprint density at radius 3 is 2.78 bits per heavy atom. The Bertz CT molecular complexity index is 739. The molecule has 0 amide bonds. The van der Waals surface area contributed by atoms with Crippen molar-refractivity contribution < 1.29 is 24.1 Å². The summed E-state index contributed by atoms with van der Waals surface area (Å²) in [6.07, 6.45) is 6.91. The fourth-order valence-corrected chi connectivity index (χ4v) is 5.80. The summed E-state index contributed by atoms with van der Waals surface area (Å²) >= 11 is 0. The maximum Gasteiger partial charge on any atom is 0.307 e. The second-order valence-corrected chi connectivity index (χ2v) is 8.21. The quantitative estimate of drug-likeness (QED) is 0.560. The Kier molecular flexibility index (Phi) is 4.69. The van der Waals surface area contributed by atoms with Gasteiger partial charge in [0.1, 0.15) is 18.0 Å². The SMILES string of the molecule is CC(=O)OC1=C2O[C@H]3[C@@H](O)C=C[C@H]4[C@H]5CC(=C2[C@]43CCN5C)CC1.COC. The van der Waals surface area contributed by atoms with Crippen molar-refractivity contribution in [1.29, 1.82) is 0 Å². The van der Waals surface area contributed by atoms with Gasteiger partial charge in [0.05, 0.1) is 0 Å². The zero-order valence-electron chi connectivity index (χ0n) is 16.5. The van der Waals surface area contributed by atoms with Gasteiger partial charge in [0.15, 0.2) is 5.76 Å². The summed E-state index contributed by atoms with van der Waals surface area (Å²) < 4.78 is 16.0. The van der Waals surface area contributed by atoms with E-state index in [1.807, 2.05) is 6.08 Å². The Morgan fingerprint density at radius 2 is 2.07 bits per heavy atom. The van der Waals surface area contributed by atoms with Gasteiger partial charge in [0.25, 0.3) is 0 Å². The molecular weight excluding hydrogens is 346 g/mol. The van der Waals surface area contributed by atoms with E-state index in [0.29, 0.717) is 24.1 Å². The average molecular weight is 375 g/mol. The van der Waals surface area contributed by atoms with Crippen molar-refractivity contribution in [2.45, 2.75) is 50.9 Å². The van der Waals surface area contributed by atoms with Crippen LogP contribution in [0.1, 0.15) is 32.6 Å². The maximum atomic E-state index is 11.5. The Labute approximate surface area is 160 Å². The molecular formula is C21H29NO5. The van der Waals surface area contributed by atoms with E-state index in [2.05, 4.69) is 22.8 Å². The van der Waals surface area contributed by atoms with Crippen molar-refractivity contribution in [2.24, 2.45) is 11.3 Å². The molecule has 0 saturated carbocycles. The molecule has 0 unspecified atom stereocenters. The molecule has 2 fully saturated rings. The minimum absolute atomic E-state index is 0.153. The van der Waals surface area contributed by atoms with E-state index >= 15 is 0 Å². The first kappa shape index (κ1) is 18.7. The van der Waals surface area contributed by atoms with Crippen LogP contribution in [0.3, 0.4) is 0 Å². The fourth-order valence-electron chi connectivity index (χ4n) is 5.80. The summed E-state index contributed by atoms with van der Waals surface area (Å²) in [5.41, 5.74) is 2.55. The van der Waals surface area contributed by atoms with Crippen LogP contribution in [0.25, 0.3) is 0 Å². The summed E-state index contributed by atoms with van der Waals surface area (Å²) in [4.78, 5) is 14.0. The Morgan fingerprint density at radius 1 is 1.33 bits per heavy atom. The lowest BCUT2D eigenvalue weighted by molar-refractivity contribution is -0.137. The topological polar surface area (TPSA) is 68.2 Å². The average Bonchev–Trinajstić information content (AvgIpc) is 2.97. The molecule has 1 N–H and O–H groups in total. The zero-order chi connectivity index (χ0) is 19.3. The first-order valence-corrected chi connectivity index (χ1v) is 9.72. The fraction of sp³-hybridized carbons (Fsp3) is 0.667. The number of esters is 1. The molecule has 0 aromatic heterocycles. The van der Waals surface area contributed by atoms with Gasteiger partial charge in [-0.25, -0.2) is 0 Å². The van der Waals surface area contributed by atoms with E-state index in [-0.39, 0.29) is 17.5 Å². The monoisotopic (exact) mass is 375 g/mol. The van der Waals surface area contributed by atoms with Gasteiger partial charge in [-0.15, -0.1) is 0 Å². The van der Waals surface area contributed by atoms with E-state index in [1.165, 1.54) is 18.1 Å². The maximum absolute atomic E-state index is 11.5. The summed E-state index contributed by atoms with van der Waals surface area (Å²) in [6, 6.07) is 0.474. The summed E-state index contributed by atoms with van der Waals surface area (Å²) in [5, 5.41) is 10.6. The van der Waals surface area contributed by atoms with Gasteiger partial charge in [-0.1, -0.05) is 17.7 Å². The molecule has 148 valence electrons. The summed E-state index contributed by atoms with van der Waals surface area (Å²) in [7, 11) is 5.45. The number of rotatable bonds is 1. The Hall–Kier alpha value is -1.63. The largest absolute Gasteiger partial charge is 0.483 e. The van der Waals surface area contributed by atoms with Crippen molar-refractivity contribution >= 4 is 5.97 Å². The lowest BCUT2D eigenvalue weighted by atomic mass is 9.52. The second-order valence-electron chi connectivity index (χ2n) is 8.21. The van der Waals surface area contributed by atoms with Gasteiger partial charge in [-0.05, 0) is 32.9 Å². The van der Waals surface area contributed by atoms with Crippen LogP contribution in [0.5, 0.6) is 0 Å². The molecule has 3 aliphatic carbocycles. The van der Waals surface area contributed by atoms with Gasteiger partial charge in [0, 0.05) is 50.5 Å². The molecule has 6 nitrogen and oxygen atoms in total. The number of likely N-dealkylation sites (tertiary alicyclic amines) is 1. The van der Waals surface area contributed by atoms with Crippen LogP contribution in [0, 0.1) is 11.3 Å². The molecule has 2 heterocycles. The highest BCUT2D eigenvalue weighted by Gasteiger charge is 2.66. The predicted molar refractivity (Wildman–Crippen MR) is 99.6 cm³/mol. The van der Waals surface area contributed by atoms with Gasteiger partial charge in [0.2, 0.25) is 0 Å². The van der Waals surface area contributed by atoms with E-state index in [9.17, 15) is 9.90 Å². The highest BCUT2D eigenvalue weighted by Crippen LogP contribution is 2.65. The van der Waals surface area contributed by atoms with Gasteiger partial charge >= 0.3 is 5.97 Å². The smallest absolute Gasteiger partial charge is 0.307 e. The first-order valence-electron chi connectivity index (χ1n) is 9.72. The highest BCUT2D eigenvalue weighted by atomic mass is 16.6. The van der Waals surface area contributed by atoms with Crippen molar-refractivity contribution in [3.63, 3.8) is 0 Å². The second kappa shape index (κ2) is 6.76. The first-order chi connectivity index (χ1) is 12.9. The molecule has 0 radical (unpaired) electrons. The molecule has 5 aliphatic rings. The number of aliphatic hydroxyl groups is 1. The van der Waals surface area contributed by atoms with Gasteiger partial charge in [-0.2, -0.15) is 0 Å². The lowest BCUT2D eigenvalue weighted by Gasteiger charge is -2.56. The predicted octanol–water partition coefficient (Wildman–Crippen LogP) is 2.15. The molecule has 6 heteroatoms. The number of piperidine rings is 1. The van der Waals surface area contributed by atoms with Gasteiger partial charge < -0.3 is 24.2 Å². The summed E-state index contributed by atoms with van der Waals surface area (Å²) in [5.74, 6) is 1.47. The molecule has 1 spiro atoms. The number of ether oxygens (including phenoxy) is 3. The number of nitrogens with zero attached hydrogens (tertiary/aromatic N) is 1. The third-order valence-electron chi connectivity index (χ3n) is 6.71. The van der Waals surface area contributed by atoms with E-state index in [1.54, 1.807) is 14.2 Å². The molecule has 2 aliphatic heterocycles. The number of aliphatic hydroxyl groups excluding tert-OH is 1. The normalized spacial score (nSPS) is 38.7. The molecule has 2 bridgehead atoms. The van der Waals surface area contributed by atoms with Crippen LogP contribution in [0.2, 0.25) is 0 Å². The highest BCUT2D eigenvalue weighted by molar-refractivity contribution is 5.68. The molecule has 5 rings (SSSR count). The van der Waals surface area contributed by atoms with E-state index in [0.717, 1.165) is 31.6 Å². The van der Waals surface area contributed by atoms with Crippen LogP contribution in [-0.2, 0) is 19.0 Å². The summed E-state index contributed by atoms with van der Waals surface area (Å²) in [6.45, 7) is 2.44. The minimum atomic E-state index is -0.603. The van der Waals surface area contributed by atoms with Crippen LogP contribution in [-0.4, -0.2) is 62.0 Å². The standard InChI is InChI=1S/C19H23NO4.C2H6O/c1-10(21)23-15-6-3-11-9-13-12-4-5-14(22)18-19(12,7-8-20(13)2)16(11)17(15)24-18;1-3-2/h4-5,12-14,18,22H,3,6-9H2,1-2H3;1-2H3/t12-,13+,14-,18-,19-;/m0./s1. The number of hydrogen-bond donors (Lipinski definition) is 1. The molecule has 0 aromatic carbocycles. The van der Waals surface area contributed by atoms with Crippen molar-refractivity contribution in [3.8, 4) is 0 Å². The number of allylic oxidation sites excluding steroid dienone is 2. The van der Waals surface area contributed by atoms with Crippen LogP contribution in [0.4, 0.5) is 0 Å². The number of carbonyl (C=O) groups is 1. The van der Waals surface area contributed by atoms with Crippen molar-refractivity contribution in [3.05, 3.63) is 34.8 Å². The number of hydrogen-bond acceptors (Lipinski definition) is 6. The van der Waals surface area contributed by atoms with E-state index in [4.69, 9.17) is 9.47 Å². The third-order valence-corrected chi connectivity index (χ3v) is 6.71.